The number of nitrogens with zero attached hydrogens (tertiary/aromatic N) is 6. The number of carboxylic acids is 2. The van der Waals surface area contributed by atoms with Gasteiger partial charge in [0, 0.05) is 45.6 Å². The topological polar surface area (TPSA) is 337 Å². The van der Waals surface area contributed by atoms with Crippen LogP contribution in [0.4, 0.5) is 34.1 Å². The molecule has 0 aromatic heterocycles. The largest absolute Gasteiger partial charge is 1.00 e. The molecule has 5 aromatic rings. The van der Waals surface area contributed by atoms with Crippen molar-refractivity contribution in [2.24, 2.45) is 20.5 Å². The van der Waals surface area contributed by atoms with Crippen LogP contribution in [0.25, 0.3) is 12.2 Å². The standard InChI is InChI=1S/C34H24N6O14S2.4Na/c41-29-13-9-23(15-27(29)33(43)44)36-35-21-5-7-22(8-6-21)37-39(47)25-11-3-19(31(17-25)55(49,50)51)1-2-20-4-12-26(18-32(20)56(52,53)54)40(48)38-24-10-14-30(42)28(16-24)34(45)46;;;;/h1-18,41-42H,(H,43,44)(H,45,46)(H,49,50,51)(H,52,53,54);;;;/q;4*+1/p-4/b2-1+,36-35?,39-37?,40-38?;;;;. The van der Waals surface area contributed by atoms with Crippen LogP contribution in [0, 0.1) is 10.4 Å². The Bertz CT molecular complexity index is 2770. The van der Waals surface area contributed by atoms with Crippen LogP contribution in [-0.4, -0.2) is 57.8 Å². The predicted molar refractivity (Wildman–Crippen MR) is 184 cm³/mol. The van der Waals surface area contributed by atoms with Gasteiger partial charge in [-0.3, -0.25) is 0 Å². The van der Waals surface area contributed by atoms with E-state index in [0.717, 1.165) is 66.7 Å². The molecule has 5 aromatic carbocycles. The van der Waals surface area contributed by atoms with Crippen molar-refractivity contribution >= 4 is 78.5 Å². The summed E-state index contributed by atoms with van der Waals surface area (Å²) in [5.41, 5.74) is -2.70. The summed E-state index contributed by atoms with van der Waals surface area (Å²) in [5.74, 6) is -4.58. The number of aromatic carboxylic acids is 2. The molecule has 0 unspecified atom stereocenters. The molecule has 2 N–H and O–H groups in total. The first kappa shape index (κ1) is 54.6. The van der Waals surface area contributed by atoms with Crippen LogP contribution in [0.1, 0.15) is 31.8 Å². The number of hydrogen-bond acceptors (Lipinski definition) is 18. The fourth-order valence-electron chi connectivity index (χ4n) is 4.70. The van der Waals surface area contributed by atoms with Gasteiger partial charge in [-0.15, -0.1) is 0 Å². The fourth-order valence-corrected chi connectivity index (χ4v) is 6.08. The molecule has 5 rings (SSSR count). The summed E-state index contributed by atoms with van der Waals surface area (Å²) in [7, 11) is -10.6. The van der Waals surface area contributed by atoms with Crippen molar-refractivity contribution in [3.05, 3.63) is 130 Å². The van der Waals surface area contributed by atoms with E-state index in [1.807, 2.05) is 0 Å². The molecule has 26 heteroatoms. The van der Waals surface area contributed by atoms with Crippen LogP contribution in [0.2, 0.25) is 0 Å². The third-order valence-corrected chi connectivity index (χ3v) is 9.14. The smallest absolute Gasteiger partial charge is 0.744 e. The molecular formula is C34H20N6Na4O14S2. The van der Waals surface area contributed by atoms with Crippen molar-refractivity contribution in [1.29, 1.82) is 0 Å². The van der Waals surface area contributed by atoms with E-state index in [0.29, 0.717) is 12.1 Å². The third-order valence-electron chi connectivity index (χ3n) is 7.36. The van der Waals surface area contributed by atoms with Gasteiger partial charge in [-0.1, -0.05) is 21.9 Å². The van der Waals surface area contributed by atoms with Crippen LogP contribution >= 0.6 is 0 Å². The van der Waals surface area contributed by atoms with Crippen LogP contribution < -0.4 is 128 Å². The van der Waals surface area contributed by atoms with Gasteiger partial charge in [0.05, 0.1) is 33.1 Å². The summed E-state index contributed by atoms with van der Waals surface area (Å²) in [6.45, 7) is 0. The number of carbonyl (C=O) groups excluding carboxylic acids is 2. The van der Waals surface area contributed by atoms with Crippen LogP contribution in [-0.2, 0) is 20.2 Å². The van der Waals surface area contributed by atoms with E-state index in [1.165, 1.54) is 30.3 Å². The van der Waals surface area contributed by atoms with Gasteiger partial charge in [0.15, 0.2) is 0 Å². The number of hydrogen-bond donors (Lipinski definition) is 2. The molecule has 0 saturated heterocycles. The maximum absolute atomic E-state index is 12.9. The maximum atomic E-state index is 12.9. The summed E-state index contributed by atoms with van der Waals surface area (Å²) < 4.78 is 73.0. The Labute approximate surface area is 428 Å². The molecule has 0 fully saturated rings. The van der Waals surface area contributed by atoms with Gasteiger partial charge < -0.3 is 49.5 Å². The van der Waals surface area contributed by atoms with E-state index in [2.05, 4.69) is 20.5 Å². The quantitative estimate of drug-likeness (QED) is 0.0294. The van der Waals surface area contributed by atoms with Gasteiger partial charge in [0.2, 0.25) is 11.4 Å². The van der Waals surface area contributed by atoms with E-state index in [4.69, 9.17) is 0 Å². The van der Waals surface area contributed by atoms with Gasteiger partial charge in [-0.05, 0) is 83.9 Å². The second kappa shape index (κ2) is 23.2. The molecule has 286 valence electrons. The normalized spacial score (nSPS) is 11.8. The number of aromatic hydroxyl groups is 2. The van der Waals surface area contributed by atoms with E-state index < -0.39 is 76.0 Å². The van der Waals surface area contributed by atoms with Crippen molar-refractivity contribution in [2.75, 3.05) is 0 Å². The number of carboxylic acid groups (broad SMARTS) is 2. The zero-order valence-electron chi connectivity index (χ0n) is 31.7. The predicted octanol–water partition coefficient (Wildman–Crippen LogP) is -7.91. The molecule has 0 aliphatic rings. The van der Waals surface area contributed by atoms with Gasteiger partial charge in [-0.25, -0.2) is 16.8 Å². The second-order valence-corrected chi connectivity index (χ2v) is 13.8. The summed E-state index contributed by atoms with van der Waals surface area (Å²) in [6, 6.07) is 17.2. The molecular weight excluding hydrogens is 872 g/mol. The Balaban J connectivity index is 0.00000450. The molecule has 0 aliphatic heterocycles. The van der Waals surface area contributed by atoms with Crippen molar-refractivity contribution in [3.63, 3.8) is 0 Å². The van der Waals surface area contributed by atoms with Crippen LogP contribution in [0.5, 0.6) is 11.5 Å². The molecule has 0 saturated carbocycles. The summed E-state index contributed by atoms with van der Waals surface area (Å²) in [6.07, 6.45) is 1.92. The van der Waals surface area contributed by atoms with Crippen molar-refractivity contribution in [1.82, 2.24) is 0 Å². The summed E-state index contributed by atoms with van der Waals surface area (Å²) in [5, 5.41) is 82.1. The Morgan fingerprint density at radius 2 is 0.867 bits per heavy atom. The molecule has 0 bridgehead atoms. The summed E-state index contributed by atoms with van der Waals surface area (Å²) in [4.78, 5) is 20.2. The van der Waals surface area contributed by atoms with Crippen LogP contribution in [0.15, 0.2) is 127 Å². The third kappa shape index (κ3) is 14.3. The van der Waals surface area contributed by atoms with E-state index in [9.17, 15) is 66.4 Å². The first-order chi connectivity index (χ1) is 26.3. The number of azo groups is 3. The minimum absolute atomic E-state index is 0. The monoisotopic (exact) mass is 892 g/mol. The first-order valence-corrected chi connectivity index (χ1v) is 18.0. The van der Waals surface area contributed by atoms with E-state index in [-0.39, 0.29) is 162 Å². The van der Waals surface area contributed by atoms with Crippen molar-refractivity contribution < 1.29 is 184 Å². The Morgan fingerprint density at radius 1 is 0.517 bits per heavy atom. The van der Waals surface area contributed by atoms with Gasteiger partial charge in [-0.2, -0.15) is 10.2 Å². The van der Waals surface area contributed by atoms with Gasteiger partial charge in [0.1, 0.15) is 43.1 Å². The first-order valence-electron chi connectivity index (χ1n) is 15.2. The molecule has 0 atom stereocenters. The Hall–Kier alpha value is -3.40. The van der Waals surface area contributed by atoms with E-state index >= 15 is 0 Å². The fraction of sp³-hybridized carbons (Fsp3) is 0. The zero-order valence-corrected chi connectivity index (χ0v) is 41.3. The summed E-state index contributed by atoms with van der Waals surface area (Å²) >= 11 is 0. The maximum Gasteiger partial charge on any atom is 1.00 e. The SMILES string of the molecule is O=C([O-])c1cc(N=Nc2ccc(N=[N+]([O-])c3ccc(/C=C/c4ccc([N+]([O-])=Nc5ccc(O)c(C(=O)[O-])c5)cc4S(=O)(=O)[O-])c(S(=O)(=O)[O-])c3)cc2)ccc1O.[Na+].[Na+].[Na+].[Na+]. The van der Waals surface area contributed by atoms with Crippen molar-refractivity contribution in [3.8, 4) is 11.5 Å². The molecule has 0 radical (unpaired) electrons. The number of benzene rings is 5. The molecule has 20 nitrogen and oxygen atoms in total. The number of phenols is 2. The minimum Gasteiger partial charge on any atom is -0.744 e. The van der Waals surface area contributed by atoms with Gasteiger partial charge >= 0.3 is 118 Å². The molecule has 0 spiro atoms. The molecule has 0 amide bonds. The minimum atomic E-state index is -5.31. The zero-order chi connectivity index (χ0) is 40.9. The number of carbonyl (C=O) groups is 2. The van der Waals surface area contributed by atoms with Crippen molar-refractivity contribution in [2.45, 2.75) is 9.79 Å². The molecule has 0 aliphatic carbocycles. The van der Waals surface area contributed by atoms with Gasteiger partial charge in [0.25, 0.3) is 0 Å². The Kier molecular flexibility index (Phi) is 21.1. The second-order valence-electron chi connectivity index (χ2n) is 11.1. The molecule has 60 heavy (non-hydrogen) atoms. The average Bonchev–Trinajstić information content (AvgIpc) is 3.13. The Morgan fingerprint density at radius 3 is 1.28 bits per heavy atom. The molecule has 0 heterocycles. The number of rotatable bonds is 12. The van der Waals surface area contributed by atoms with Crippen LogP contribution in [0.3, 0.4) is 0 Å². The average molecular weight is 893 g/mol. The van der Waals surface area contributed by atoms with E-state index in [1.54, 1.807) is 0 Å².